The van der Waals surface area contributed by atoms with Crippen LogP contribution in [0.15, 0.2) is 0 Å². The Balaban J connectivity index is -0.0000000450. The van der Waals surface area contributed by atoms with Crippen LogP contribution in [0.5, 0.6) is 0 Å². The van der Waals surface area contributed by atoms with Crippen LogP contribution in [0.4, 0.5) is 0 Å². The fourth-order valence-corrected chi connectivity index (χ4v) is 0. The summed E-state index contributed by atoms with van der Waals surface area (Å²) in [5.41, 5.74) is 0. The van der Waals surface area contributed by atoms with Gasteiger partial charge in [0.05, 0.1) is 0 Å². The maximum absolute atomic E-state index is 8.60. The van der Waals surface area contributed by atoms with E-state index >= 15 is 0 Å². The van der Waals surface area contributed by atoms with Gasteiger partial charge < -0.3 is 0 Å². The molecule has 13 heteroatoms. The molecule has 2 radical (unpaired) electrons. The second-order valence-electron chi connectivity index (χ2n) is 0.671. The van der Waals surface area contributed by atoms with E-state index in [1.165, 1.54) is 0 Å². The van der Waals surface area contributed by atoms with E-state index in [1.807, 2.05) is 0 Å². The zero-order valence-electron chi connectivity index (χ0n) is 5.46. The second kappa shape index (κ2) is 19.4. The Morgan fingerprint density at radius 3 is 0.538 bits per heavy atom. The van der Waals surface area contributed by atoms with Gasteiger partial charge in [-0.25, -0.2) is 0 Å². The first-order valence-corrected chi connectivity index (χ1v) is 9.72. The third kappa shape index (κ3) is 601. The maximum atomic E-state index is 8.60. The zero-order chi connectivity index (χ0) is 10.7. The number of rotatable bonds is 0. The van der Waals surface area contributed by atoms with Crippen molar-refractivity contribution in [3.63, 3.8) is 0 Å². The van der Waals surface area contributed by atoms with Crippen molar-refractivity contribution in [2.24, 2.45) is 0 Å². The van der Waals surface area contributed by atoms with Crippen LogP contribution in [0.1, 0.15) is 0 Å². The topological polar surface area (TPSA) is 172 Å². The molecular formula is BiNb3O9. The number of hydrogen-bond acceptors (Lipinski definition) is 9. The normalized spacial score (nSPS) is 5.77. The summed E-state index contributed by atoms with van der Waals surface area (Å²) < 4.78 is 77.4. The molecule has 0 aromatic heterocycles. The summed E-state index contributed by atoms with van der Waals surface area (Å²) in [5.74, 6) is 0. The Bertz CT molecular complexity index is 208. The molecule has 0 aliphatic carbocycles. The molecule has 0 bridgehead atoms. The molecule has 0 N–H and O–H groups in total. The van der Waals surface area contributed by atoms with Gasteiger partial charge in [-0.1, -0.05) is 0 Å². The van der Waals surface area contributed by atoms with E-state index in [0.29, 0.717) is 0 Å². The van der Waals surface area contributed by atoms with Gasteiger partial charge in [0, 0.05) is 0 Å². The summed E-state index contributed by atoms with van der Waals surface area (Å²) >= 11 is -12.6. The molecule has 0 aliphatic rings. The fourth-order valence-electron chi connectivity index (χ4n) is 0. The molecule has 0 unspecified atom stereocenters. The quantitative estimate of drug-likeness (QED) is 0.238. The molecular weight excluding hydrogens is 632 g/mol. The summed E-state index contributed by atoms with van der Waals surface area (Å²) in [6.45, 7) is 0. The van der Waals surface area contributed by atoms with Crippen LogP contribution in [0.3, 0.4) is 0 Å². The van der Waals surface area contributed by atoms with Crippen LogP contribution in [-0.2, 0) is 75.9 Å². The fraction of sp³-hybridized carbons (Fsp3) is 0. The summed E-state index contributed by atoms with van der Waals surface area (Å²) in [4.78, 5) is 0. The molecule has 0 aliphatic heterocycles. The Labute approximate surface area is 111 Å². The van der Waals surface area contributed by atoms with Gasteiger partial charge in [0.25, 0.3) is 0 Å². The van der Waals surface area contributed by atoms with Crippen molar-refractivity contribution in [2.75, 3.05) is 0 Å². The number of hydrogen-bond donors (Lipinski definition) is 0. The van der Waals surface area contributed by atoms with E-state index < -0.39 is 56.4 Å². The van der Waals surface area contributed by atoms with E-state index in [2.05, 4.69) is 0 Å². The second-order valence-corrected chi connectivity index (χ2v) is 3.97. The first-order chi connectivity index (χ1) is 5.20. The Hall–Kier alpha value is 1.78. The molecule has 0 saturated carbocycles. The molecule has 0 rings (SSSR count). The van der Waals surface area contributed by atoms with Crippen LogP contribution < -0.4 is 10.8 Å². The predicted octanol–water partition coefficient (Wildman–Crippen LogP) is -4.67. The molecule has 0 amide bonds. The van der Waals surface area contributed by atoms with E-state index in [1.54, 1.807) is 0 Å². The zero-order valence-corrected chi connectivity index (χ0v) is 15.5. The van der Waals surface area contributed by atoms with E-state index in [4.69, 9.17) is 30.3 Å². The van der Waals surface area contributed by atoms with Crippen molar-refractivity contribution in [3.05, 3.63) is 0 Å². The van der Waals surface area contributed by atoms with Crippen LogP contribution in [0, 0.1) is 0 Å². The van der Waals surface area contributed by atoms with E-state index in [0.717, 1.165) is 0 Å². The van der Waals surface area contributed by atoms with Gasteiger partial charge in [-0.3, -0.25) is 0 Å². The van der Waals surface area contributed by atoms with Crippen LogP contribution in [0.25, 0.3) is 0 Å². The molecule has 0 spiro atoms. The average Bonchev–Trinajstić information content (AvgIpc) is 1.54. The minimum atomic E-state index is -4.20. The standard InChI is InChI=1S/Bi.3Nb.9O/q+3;;;;;;;;;;3*-1. The van der Waals surface area contributed by atoms with E-state index in [9.17, 15) is 0 Å². The van der Waals surface area contributed by atoms with Gasteiger partial charge in [0.1, 0.15) is 0 Å². The third-order valence-electron chi connectivity index (χ3n) is 0. The first kappa shape index (κ1) is 24.2. The molecule has 0 fully saturated rings. The SMILES string of the molecule is [Bi+3].[O]=[Nb](=[O])[O-].[O]=[Nb](=[O])[O-].[O]=[Nb](=[O])[O-]. The van der Waals surface area contributed by atoms with Gasteiger partial charge in [-0.2, -0.15) is 0 Å². The molecule has 0 atom stereocenters. The van der Waals surface area contributed by atoms with Gasteiger partial charge in [-0.05, 0) is 0 Å². The van der Waals surface area contributed by atoms with Gasteiger partial charge >= 0.3 is 113 Å². The van der Waals surface area contributed by atoms with Crippen molar-refractivity contribution >= 4 is 26.2 Å². The molecule has 9 nitrogen and oxygen atoms in total. The summed E-state index contributed by atoms with van der Waals surface area (Å²) in [6.07, 6.45) is 0. The van der Waals surface area contributed by atoms with Gasteiger partial charge in [0.15, 0.2) is 0 Å². The molecule has 0 saturated heterocycles. The minimum absolute atomic E-state index is 0. The summed E-state index contributed by atoms with van der Waals surface area (Å²) in [5, 5.41) is 0. The average molecular weight is 632 g/mol. The van der Waals surface area contributed by atoms with Gasteiger partial charge in [0.2, 0.25) is 0 Å². The molecule has 0 aromatic rings. The van der Waals surface area contributed by atoms with Crippen molar-refractivity contribution < 1.29 is 86.7 Å². The molecule has 13 heavy (non-hydrogen) atoms. The Morgan fingerprint density at radius 1 is 0.538 bits per heavy atom. The Morgan fingerprint density at radius 2 is 0.538 bits per heavy atom. The van der Waals surface area contributed by atoms with Crippen LogP contribution in [-0.4, -0.2) is 26.2 Å². The van der Waals surface area contributed by atoms with Crippen molar-refractivity contribution in [3.8, 4) is 0 Å². The van der Waals surface area contributed by atoms with Crippen LogP contribution in [0.2, 0.25) is 0 Å². The predicted molar refractivity (Wildman–Crippen MR) is 9.87 cm³/mol. The van der Waals surface area contributed by atoms with Crippen molar-refractivity contribution in [1.82, 2.24) is 0 Å². The van der Waals surface area contributed by atoms with Gasteiger partial charge in [-0.15, -0.1) is 0 Å². The monoisotopic (exact) mass is 632 g/mol. The molecule has 0 heterocycles. The summed E-state index contributed by atoms with van der Waals surface area (Å²) in [7, 11) is 0. The Kier molecular flexibility index (Phi) is 36.0. The van der Waals surface area contributed by atoms with Crippen molar-refractivity contribution in [2.45, 2.75) is 0 Å². The van der Waals surface area contributed by atoms with Crippen molar-refractivity contribution in [1.29, 1.82) is 0 Å². The molecule has 74 valence electrons. The van der Waals surface area contributed by atoms with E-state index in [-0.39, 0.29) is 26.2 Å². The third-order valence-corrected chi connectivity index (χ3v) is 0. The van der Waals surface area contributed by atoms with Crippen LogP contribution >= 0.6 is 0 Å². The summed E-state index contributed by atoms with van der Waals surface area (Å²) in [6, 6.07) is 0. The molecule has 0 aromatic carbocycles. The first-order valence-electron chi connectivity index (χ1n) is 1.64.